The molecule has 0 atom stereocenters. The third-order valence-electron chi connectivity index (χ3n) is 5.63. The van der Waals surface area contributed by atoms with E-state index in [1.54, 1.807) is 12.3 Å². The molecule has 0 aliphatic carbocycles. The van der Waals surface area contributed by atoms with Gasteiger partial charge in [-0.3, -0.25) is 4.68 Å². The van der Waals surface area contributed by atoms with Crippen LogP contribution in [0.2, 0.25) is 0 Å². The van der Waals surface area contributed by atoms with E-state index in [-0.39, 0.29) is 0 Å². The molecule has 1 aromatic carbocycles. The number of benzene rings is 1. The van der Waals surface area contributed by atoms with Crippen molar-refractivity contribution >= 4 is 22.4 Å². The maximum absolute atomic E-state index is 9.09. The normalized spacial score (nSPS) is 11.2. The number of aryl methyl sites for hydroxylation is 4. The van der Waals surface area contributed by atoms with Crippen LogP contribution in [0, 0.1) is 32.1 Å². The van der Waals surface area contributed by atoms with Gasteiger partial charge in [-0.25, -0.2) is 9.97 Å². The van der Waals surface area contributed by atoms with Gasteiger partial charge in [-0.2, -0.15) is 20.0 Å². The number of rotatable bonds is 4. The first-order valence-corrected chi connectivity index (χ1v) is 10.3. The van der Waals surface area contributed by atoms with Crippen molar-refractivity contribution in [2.45, 2.75) is 27.3 Å². The zero-order chi connectivity index (χ0) is 22.4. The van der Waals surface area contributed by atoms with Crippen LogP contribution in [-0.4, -0.2) is 29.4 Å². The largest absolute Gasteiger partial charge is 0.366 e. The molecule has 0 aliphatic rings. The van der Waals surface area contributed by atoms with Crippen molar-refractivity contribution in [1.82, 2.24) is 29.4 Å². The molecule has 0 unspecified atom stereocenters. The molecule has 0 spiro atoms. The van der Waals surface area contributed by atoms with Gasteiger partial charge in [-0.1, -0.05) is 6.07 Å². The average molecular weight is 422 g/mol. The summed E-state index contributed by atoms with van der Waals surface area (Å²) in [5, 5.41) is 23.0. The van der Waals surface area contributed by atoms with Gasteiger partial charge >= 0.3 is 0 Å². The Kier molecular flexibility index (Phi) is 4.59. The van der Waals surface area contributed by atoms with Gasteiger partial charge in [0.05, 0.1) is 16.9 Å². The molecule has 0 saturated carbocycles. The van der Waals surface area contributed by atoms with Crippen LogP contribution in [0.3, 0.4) is 0 Å². The summed E-state index contributed by atoms with van der Waals surface area (Å²) in [6.07, 6.45) is 1.65. The van der Waals surface area contributed by atoms with Crippen molar-refractivity contribution in [1.29, 1.82) is 5.26 Å². The summed E-state index contributed by atoms with van der Waals surface area (Å²) in [5.74, 6) is 0.843. The van der Waals surface area contributed by atoms with Crippen LogP contribution in [0.1, 0.15) is 28.3 Å². The quantitative estimate of drug-likeness (QED) is 0.469. The molecule has 0 saturated heterocycles. The van der Waals surface area contributed by atoms with Crippen LogP contribution in [0.25, 0.3) is 27.7 Å². The summed E-state index contributed by atoms with van der Waals surface area (Å²) in [5.41, 5.74) is 8.16. The Morgan fingerprint density at radius 3 is 2.69 bits per heavy atom. The highest BCUT2D eigenvalue weighted by Gasteiger charge is 2.17. The molecule has 8 nitrogen and oxygen atoms in total. The molecule has 158 valence electrons. The Hall–Kier alpha value is -4.25. The van der Waals surface area contributed by atoms with E-state index >= 15 is 0 Å². The molecule has 0 radical (unpaired) electrons. The van der Waals surface area contributed by atoms with Crippen LogP contribution in [0.15, 0.2) is 42.6 Å². The van der Waals surface area contributed by atoms with E-state index in [1.807, 2.05) is 49.1 Å². The SMILES string of the molecule is Cc1cc(NCc2ccnc(C#N)c2)n2nc(C)c(-c3ccc4c(c3)c(C)nn4C)c2n1. The second-order valence-corrected chi connectivity index (χ2v) is 7.93. The first kappa shape index (κ1) is 19.7. The van der Waals surface area contributed by atoms with E-state index in [9.17, 15) is 0 Å². The van der Waals surface area contributed by atoms with Gasteiger partial charge in [0.2, 0.25) is 0 Å². The molecule has 0 fully saturated rings. The van der Waals surface area contributed by atoms with Crippen LogP contribution < -0.4 is 5.32 Å². The summed E-state index contributed by atoms with van der Waals surface area (Å²) < 4.78 is 3.75. The lowest BCUT2D eigenvalue weighted by Crippen LogP contribution is -2.07. The number of fused-ring (bicyclic) bond motifs is 2. The zero-order valence-electron chi connectivity index (χ0n) is 18.4. The standard InChI is InChI=1S/C24H22N8/c1-14-9-22(27-13-17-7-8-26-19(10-17)12-25)32-24(28-14)23(16(3)30-32)18-5-6-21-20(11-18)15(2)29-31(21)4/h5-11,27H,13H2,1-4H3. The average Bonchev–Trinajstić information content (AvgIpc) is 3.26. The van der Waals surface area contributed by atoms with Gasteiger partial charge in [0.15, 0.2) is 5.65 Å². The Morgan fingerprint density at radius 2 is 1.88 bits per heavy atom. The molecular weight excluding hydrogens is 400 g/mol. The van der Waals surface area contributed by atoms with Crippen LogP contribution in [0.4, 0.5) is 5.82 Å². The third-order valence-corrected chi connectivity index (χ3v) is 5.63. The van der Waals surface area contributed by atoms with E-state index in [2.05, 4.69) is 39.7 Å². The molecule has 5 aromatic rings. The predicted octanol–water partition coefficient (Wildman–Crippen LogP) is 4.09. The minimum Gasteiger partial charge on any atom is -0.366 e. The highest BCUT2D eigenvalue weighted by molar-refractivity contribution is 5.90. The van der Waals surface area contributed by atoms with Crippen LogP contribution in [-0.2, 0) is 13.6 Å². The molecule has 4 aromatic heterocycles. The van der Waals surface area contributed by atoms with Crippen molar-refractivity contribution in [2.24, 2.45) is 7.05 Å². The summed E-state index contributed by atoms with van der Waals surface area (Å²) in [7, 11) is 1.96. The Bertz CT molecular complexity index is 1530. The Labute approximate surface area is 185 Å². The van der Waals surface area contributed by atoms with Crippen molar-refractivity contribution in [3.63, 3.8) is 0 Å². The summed E-state index contributed by atoms with van der Waals surface area (Å²) >= 11 is 0. The lowest BCUT2D eigenvalue weighted by Gasteiger charge is -2.10. The van der Waals surface area contributed by atoms with E-state index < -0.39 is 0 Å². The molecule has 0 aliphatic heterocycles. The lowest BCUT2D eigenvalue weighted by atomic mass is 10.0. The Morgan fingerprint density at radius 1 is 1.03 bits per heavy atom. The van der Waals surface area contributed by atoms with Crippen LogP contribution >= 0.6 is 0 Å². The monoisotopic (exact) mass is 422 g/mol. The summed E-state index contributed by atoms with van der Waals surface area (Å²) in [6, 6.07) is 14.1. The smallest absolute Gasteiger partial charge is 0.165 e. The minimum atomic E-state index is 0.402. The molecule has 0 bridgehead atoms. The number of nitrogens with zero attached hydrogens (tertiary/aromatic N) is 7. The second kappa shape index (κ2) is 7.46. The summed E-state index contributed by atoms with van der Waals surface area (Å²) in [6.45, 7) is 6.55. The van der Waals surface area contributed by atoms with E-state index in [0.29, 0.717) is 12.2 Å². The van der Waals surface area contributed by atoms with Crippen molar-refractivity contribution in [3.05, 3.63) is 70.9 Å². The fraction of sp³-hybridized carbons (Fsp3) is 0.208. The van der Waals surface area contributed by atoms with Gasteiger partial charge in [0, 0.05) is 42.5 Å². The minimum absolute atomic E-state index is 0.402. The molecule has 1 N–H and O–H groups in total. The van der Waals surface area contributed by atoms with Gasteiger partial charge in [-0.15, -0.1) is 0 Å². The number of anilines is 1. The van der Waals surface area contributed by atoms with Gasteiger partial charge in [-0.05, 0) is 56.2 Å². The van der Waals surface area contributed by atoms with Gasteiger partial charge in [0.25, 0.3) is 0 Å². The number of hydrogen-bond acceptors (Lipinski definition) is 6. The maximum Gasteiger partial charge on any atom is 0.165 e. The number of aromatic nitrogens is 6. The molecule has 32 heavy (non-hydrogen) atoms. The predicted molar refractivity (Wildman–Crippen MR) is 123 cm³/mol. The molecule has 5 rings (SSSR count). The van der Waals surface area contributed by atoms with Crippen molar-refractivity contribution in [2.75, 3.05) is 5.32 Å². The molecule has 4 heterocycles. The highest BCUT2D eigenvalue weighted by Crippen LogP contribution is 2.32. The van der Waals surface area contributed by atoms with E-state index in [1.165, 1.54) is 0 Å². The topological polar surface area (TPSA) is 96.7 Å². The fourth-order valence-electron chi connectivity index (χ4n) is 4.14. The molecule has 8 heteroatoms. The van der Waals surface area contributed by atoms with Gasteiger partial charge < -0.3 is 5.32 Å². The lowest BCUT2D eigenvalue weighted by molar-refractivity contribution is 0.783. The zero-order valence-corrected chi connectivity index (χ0v) is 18.4. The maximum atomic E-state index is 9.09. The first-order chi connectivity index (χ1) is 15.4. The molecule has 0 amide bonds. The van der Waals surface area contributed by atoms with E-state index in [4.69, 9.17) is 15.3 Å². The van der Waals surface area contributed by atoms with Crippen molar-refractivity contribution < 1.29 is 0 Å². The first-order valence-electron chi connectivity index (χ1n) is 10.3. The third kappa shape index (κ3) is 3.24. The number of hydrogen-bond donors (Lipinski definition) is 1. The van der Waals surface area contributed by atoms with Crippen molar-refractivity contribution in [3.8, 4) is 17.2 Å². The van der Waals surface area contributed by atoms with E-state index in [0.717, 1.165) is 56.1 Å². The van der Waals surface area contributed by atoms with Crippen LogP contribution in [0.5, 0.6) is 0 Å². The Balaban J connectivity index is 1.59. The second-order valence-electron chi connectivity index (χ2n) is 7.93. The summed E-state index contributed by atoms with van der Waals surface area (Å²) in [4.78, 5) is 8.84. The number of nitriles is 1. The number of pyridine rings is 1. The van der Waals surface area contributed by atoms with Gasteiger partial charge in [0.1, 0.15) is 17.6 Å². The highest BCUT2D eigenvalue weighted by atomic mass is 15.3. The number of nitrogens with one attached hydrogen (secondary N) is 1. The molecular formula is C24H22N8. The fourth-order valence-corrected chi connectivity index (χ4v) is 4.14.